The molecule has 0 saturated heterocycles. The first kappa shape index (κ1) is 15.8. The van der Waals surface area contributed by atoms with Crippen LogP contribution in [0.5, 0.6) is 0 Å². The van der Waals surface area contributed by atoms with Gasteiger partial charge in [-0.25, -0.2) is 4.79 Å². The standard InChI is InChI=1S/C17H25NO3/c1-5-10-17(20)11-12-18(15(19)21-16(2,3)4)14-9-7-6-8-13(14)17/h6-9,20H,5,10-12H2,1-4H3. The van der Waals surface area contributed by atoms with Gasteiger partial charge in [-0.05, 0) is 39.7 Å². The van der Waals surface area contributed by atoms with Crippen LogP contribution in [0.1, 0.15) is 52.5 Å². The molecule has 1 heterocycles. The van der Waals surface area contributed by atoms with Crippen molar-refractivity contribution < 1.29 is 14.6 Å². The number of hydrogen-bond acceptors (Lipinski definition) is 3. The molecule has 1 aliphatic heterocycles. The molecular weight excluding hydrogens is 266 g/mol. The second-order valence-corrected chi connectivity index (χ2v) is 6.68. The zero-order chi connectivity index (χ0) is 15.7. The van der Waals surface area contributed by atoms with Crippen molar-refractivity contribution in [1.82, 2.24) is 0 Å². The third kappa shape index (κ3) is 3.38. The number of anilines is 1. The van der Waals surface area contributed by atoms with Crippen LogP contribution in [-0.4, -0.2) is 23.3 Å². The van der Waals surface area contributed by atoms with Crippen LogP contribution in [0.3, 0.4) is 0 Å². The van der Waals surface area contributed by atoms with Crippen LogP contribution in [0.4, 0.5) is 10.5 Å². The topological polar surface area (TPSA) is 49.8 Å². The van der Waals surface area contributed by atoms with Gasteiger partial charge >= 0.3 is 6.09 Å². The molecule has 1 aliphatic rings. The van der Waals surface area contributed by atoms with Gasteiger partial charge in [-0.15, -0.1) is 0 Å². The predicted molar refractivity (Wildman–Crippen MR) is 83.4 cm³/mol. The third-order valence-electron chi connectivity index (χ3n) is 3.72. The summed E-state index contributed by atoms with van der Waals surface area (Å²) in [5.74, 6) is 0. The van der Waals surface area contributed by atoms with E-state index in [0.717, 1.165) is 17.7 Å². The summed E-state index contributed by atoms with van der Waals surface area (Å²) in [4.78, 5) is 14.0. The van der Waals surface area contributed by atoms with E-state index in [0.29, 0.717) is 19.4 Å². The monoisotopic (exact) mass is 291 g/mol. The predicted octanol–water partition coefficient (Wildman–Crippen LogP) is 3.82. The van der Waals surface area contributed by atoms with Crippen molar-refractivity contribution in [3.8, 4) is 0 Å². The summed E-state index contributed by atoms with van der Waals surface area (Å²) in [6.07, 6.45) is 1.79. The van der Waals surface area contributed by atoms with Crippen LogP contribution in [0, 0.1) is 0 Å². The Morgan fingerprint density at radius 3 is 2.67 bits per heavy atom. The van der Waals surface area contributed by atoms with Crippen LogP contribution in [-0.2, 0) is 10.3 Å². The number of rotatable bonds is 2. The van der Waals surface area contributed by atoms with Gasteiger partial charge < -0.3 is 9.84 Å². The van der Waals surface area contributed by atoms with Crippen molar-refractivity contribution in [3.63, 3.8) is 0 Å². The Morgan fingerprint density at radius 2 is 2.05 bits per heavy atom. The van der Waals surface area contributed by atoms with Crippen LogP contribution < -0.4 is 4.90 Å². The Labute approximate surface area is 126 Å². The molecule has 1 atom stereocenters. The summed E-state index contributed by atoms with van der Waals surface area (Å²) >= 11 is 0. The average Bonchev–Trinajstić information content (AvgIpc) is 2.37. The molecule has 0 radical (unpaired) electrons. The van der Waals surface area contributed by atoms with Crippen molar-refractivity contribution in [2.75, 3.05) is 11.4 Å². The van der Waals surface area contributed by atoms with E-state index in [4.69, 9.17) is 4.74 Å². The number of aliphatic hydroxyl groups is 1. The number of fused-ring (bicyclic) bond motifs is 1. The molecule has 4 nitrogen and oxygen atoms in total. The van der Waals surface area contributed by atoms with E-state index in [9.17, 15) is 9.90 Å². The molecule has 4 heteroatoms. The van der Waals surface area contributed by atoms with Crippen LogP contribution in [0.25, 0.3) is 0 Å². The number of hydrogen-bond donors (Lipinski definition) is 1. The molecule has 1 aromatic rings. The molecule has 1 unspecified atom stereocenters. The zero-order valence-electron chi connectivity index (χ0n) is 13.3. The Hall–Kier alpha value is -1.55. The number of amides is 1. The Kier molecular flexibility index (Phi) is 4.28. The molecule has 1 N–H and O–H groups in total. The zero-order valence-corrected chi connectivity index (χ0v) is 13.3. The fourth-order valence-corrected chi connectivity index (χ4v) is 2.83. The van der Waals surface area contributed by atoms with Crippen molar-refractivity contribution in [2.45, 2.75) is 58.2 Å². The Morgan fingerprint density at radius 1 is 1.38 bits per heavy atom. The molecule has 0 bridgehead atoms. The molecule has 116 valence electrons. The van der Waals surface area contributed by atoms with E-state index in [1.807, 2.05) is 45.0 Å². The number of carbonyl (C=O) groups excluding carboxylic acids is 1. The molecule has 1 amide bonds. The van der Waals surface area contributed by atoms with Crippen LogP contribution in [0.15, 0.2) is 24.3 Å². The van der Waals surface area contributed by atoms with Gasteiger partial charge in [0.05, 0.1) is 11.3 Å². The molecule has 2 rings (SSSR count). The van der Waals surface area contributed by atoms with Crippen molar-refractivity contribution in [1.29, 1.82) is 0 Å². The van der Waals surface area contributed by atoms with E-state index >= 15 is 0 Å². The van der Waals surface area contributed by atoms with Gasteiger partial charge in [-0.1, -0.05) is 31.5 Å². The fraction of sp³-hybridized carbons (Fsp3) is 0.588. The lowest BCUT2D eigenvalue weighted by Gasteiger charge is -2.40. The molecule has 0 aliphatic carbocycles. The largest absolute Gasteiger partial charge is 0.443 e. The maximum atomic E-state index is 12.4. The number of para-hydroxylation sites is 1. The molecule has 0 aromatic heterocycles. The first-order valence-corrected chi connectivity index (χ1v) is 7.59. The van der Waals surface area contributed by atoms with E-state index in [-0.39, 0.29) is 6.09 Å². The highest BCUT2D eigenvalue weighted by Gasteiger charge is 2.39. The SMILES string of the molecule is CCCC1(O)CCN(C(=O)OC(C)(C)C)c2ccccc21. The maximum absolute atomic E-state index is 12.4. The summed E-state index contributed by atoms with van der Waals surface area (Å²) in [5.41, 5.74) is 0.213. The summed E-state index contributed by atoms with van der Waals surface area (Å²) in [6, 6.07) is 7.56. The third-order valence-corrected chi connectivity index (χ3v) is 3.72. The molecule has 0 spiro atoms. The molecule has 21 heavy (non-hydrogen) atoms. The minimum Gasteiger partial charge on any atom is -0.443 e. The number of nitrogens with zero attached hydrogens (tertiary/aromatic N) is 1. The number of carbonyl (C=O) groups is 1. The Bertz CT molecular complexity index is 521. The first-order valence-electron chi connectivity index (χ1n) is 7.59. The van der Waals surface area contributed by atoms with Gasteiger partial charge in [-0.3, -0.25) is 4.90 Å². The van der Waals surface area contributed by atoms with Crippen molar-refractivity contribution in [3.05, 3.63) is 29.8 Å². The molecule has 1 aromatic carbocycles. The molecule has 0 saturated carbocycles. The van der Waals surface area contributed by atoms with Crippen LogP contribution >= 0.6 is 0 Å². The van der Waals surface area contributed by atoms with Crippen molar-refractivity contribution in [2.24, 2.45) is 0 Å². The highest BCUT2D eigenvalue weighted by Crippen LogP contribution is 2.41. The van der Waals surface area contributed by atoms with Gasteiger partial charge in [0.2, 0.25) is 0 Å². The molecule has 0 fully saturated rings. The van der Waals surface area contributed by atoms with Gasteiger partial charge in [-0.2, -0.15) is 0 Å². The smallest absolute Gasteiger partial charge is 0.414 e. The maximum Gasteiger partial charge on any atom is 0.414 e. The van der Waals surface area contributed by atoms with E-state index in [2.05, 4.69) is 6.92 Å². The Balaban J connectivity index is 2.34. The lowest BCUT2D eigenvalue weighted by Crippen LogP contribution is -2.45. The average molecular weight is 291 g/mol. The lowest BCUT2D eigenvalue weighted by molar-refractivity contribution is 0.0133. The van der Waals surface area contributed by atoms with Crippen LogP contribution in [0.2, 0.25) is 0 Å². The van der Waals surface area contributed by atoms with E-state index in [1.54, 1.807) is 4.90 Å². The highest BCUT2D eigenvalue weighted by molar-refractivity contribution is 5.89. The summed E-state index contributed by atoms with van der Waals surface area (Å²) in [5, 5.41) is 10.9. The summed E-state index contributed by atoms with van der Waals surface area (Å²) in [7, 11) is 0. The normalized spacial score (nSPS) is 21.9. The summed E-state index contributed by atoms with van der Waals surface area (Å²) < 4.78 is 5.47. The van der Waals surface area contributed by atoms with Gasteiger partial charge in [0.25, 0.3) is 0 Å². The number of ether oxygens (including phenoxy) is 1. The van der Waals surface area contributed by atoms with E-state index in [1.165, 1.54) is 0 Å². The van der Waals surface area contributed by atoms with Gasteiger partial charge in [0, 0.05) is 12.1 Å². The van der Waals surface area contributed by atoms with E-state index < -0.39 is 11.2 Å². The van der Waals surface area contributed by atoms with Gasteiger partial charge in [0.1, 0.15) is 5.60 Å². The highest BCUT2D eigenvalue weighted by atomic mass is 16.6. The molecular formula is C17H25NO3. The minimum atomic E-state index is -0.843. The van der Waals surface area contributed by atoms with Gasteiger partial charge in [0.15, 0.2) is 0 Å². The second kappa shape index (κ2) is 5.68. The lowest BCUT2D eigenvalue weighted by atomic mass is 9.82. The quantitative estimate of drug-likeness (QED) is 0.901. The fourth-order valence-electron chi connectivity index (χ4n) is 2.83. The van der Waals surface area contributed by atoms with Crippen molar-refractivity contribution >= 4 is 11.8 Å². The number of benzene rings is 1. The first-order chi connectivity index (χ1) is 9.77. The second-order valence-electron chi connectivity index (χ2n) is 6.68. The summed E-state index contributed by atoms with van der Waals surface area (Å²) in [6.45, 7) is 8.10. The minimum absolute atomic E-state index is 0.353.